The van der Waals surface area contributed by atoms with E-state index in [4.69, 9.17) is 4.74 Å². The minimum absolute atomic E-state index is 0.538. The maximum Gasteiger partial charge on any atom is 0.120 e. The molecule has 4 rings (SSSR count). The fraction of sp³-hybridized carbons (Fsp3) is 0.160. The average molecular weight is 383 g/mol. The van der Waals surface area contributed by atoms with Crippen LogP contribution in [0.1, 0.15) is 29.3 Å². The van der Waals surface area contributed by atoms with Crippen LogP contribution >= 0.6 is 0 Å². The van der Waals surface area contributed by atoms with Crippen molar-refractivity contribution in [3.8, 4) is 5.75 Å². The number of allylic oxidation sites excluding steroid dienone is 1. The molecule has 0 amide bonds. The molecule has 0 aliphatic carbocycles. The molecule has 4 aromatic rings. The van der Waals surface area contributed by atoms with E-state index in [2.05, 4.69) is 65.8 Å². The third-order valence-corrected chi connectivity index (χ3v) is 5.20. The monoisotopic (exact) mass is 383 g/mol. The molecule has 0 bridgehead atoms. The highest BCUT2D eigenvalue weighted by atomic mass is 16.5. The van der Waals surface area contributed by atoms with Gasteiger partial charge in [-0.3, -0.25) is 5.10 Å². The Kier molecular flexibility index (Phi) is 5.34. The first-order chi connectivity index (χ1) is 14.2. The van der Waals surface area contributed by atoms with Crippen LogP contribution in [-0.4, -0.2) is 10.2 Å². The number of aryl methyl sites for hydroxylation is 1. The first kappa shape index (κ1) is 18.8. The van der Waals surface area contributed by atoms with Gasteiger partial charge < -0.3 is 10.1 Å². The maximum absolute atomic E-state index is 6.01. The lowest BCUT2D eigenvalue weighted by atomic mass is 10.1. The van der Waals surface area contributed by atoms with Crippen molar-refractivity contribution in [3.05, 3.63) is 95.2 Å². The number of hydrogen-bond acceptors (Lipinski definition) is 3. The molecule has 0 radical (unpaired) electrons. The van der Waals surface area contributed by atoms with Gasteiger partial charge in [0.05, 0.1) is 11.2 Å². The lowest BCUT2D eigenvalue weighted by molar-refractivity contribution is 0.306. The van der Waals surface area contributed by atoms with Gasteiger partial charge in [-0.2, -0.15) is 5.10 Å². The second-order valence-corrected chi connectivity index (χ2v) is 7.13. The van der Waals surface area contributed by atoms with E-state index in [0.29, 0.717) is 6.61 Å². The van der Waals surface area contributed by atoms with Crippen LogP contribution in [0, 0.1) is 13.8 Å². The second kappa shape index (κ2) is 8.23. The van der Waals surface area contributed by atoms with Gasteiger partial charge in [-0.15, -0.1) is 0 Å². The van der Waals surface area contributed by atoms with Crippen molar-refractivity contribution in [1.29, 1.82) is 0 Å². The van der Waals surface area contributed by atoms with E-state index in [1.54, 1.807) is 0 Å². The molecule has 4 nitrogen and oxygen atoms in total. The number of rotatable bonds is 6. The number of aromatic amines is 1. The molecule has 146 valence electrons. The molecule has 1 heterocycles. The topological polar surface area (TPSA) is 49.9 Å². The number of hydrogen-bond donors (Lipinski definition) is 2. The molecule has 0 unspecified atom stereocenters. The van der Waals surface area contributed by atoms with E-state index in [1.807, 2.05) is 43.3 Å². The second-order valence-electron chi connectivity index (χ2n) is 7.13. The molecule has 0 aliphatic rings. The summed E-state index contributed by atoms with van der Waals surface area (Å²) in [7, 11) is 0. The SMILES string of the molecule is C/C=C(\Nc1cccc(C)c1C)c1n[nH]c2ccc(OCc3ccccc3)cc12. The van der Waals surface area contributed by atoms with Crippen molar-refractivity contribution >= 4 is 22.3 Å². The minimum Gasteiger partial charge on any atom is -0.489 e. The van der Waals surface area contributed by atoms with Gasteiger partial charge in [0.1, 0.15) is 18.1 Å². The predicted molar refractivity (Wildman–Crippen MR) is 120 cm³/mol. The number of nitrogens with zero attached hydrogens (tertiary/aromatic N) is 1. The third-order valence-electron chi connectivity index (χ3n) is 5.20. The van der Waals surface area contributed by atoms with Gasteiger partial charge in [-0.25, -0.2) is 0 Å². The van der Waals surface area contributed by atoms with Gasteiger partial charge >= 0.3 is 0 Å². The van der Waals surface area contributed by atoms with Crippen molar-refractivity contribution in [2.75, 3.05) is 5.32 Å². The van der Waals surface area contributed by atoms with Crippen molar-refractivity contribution in [3.63, 3.8) is 0 Å². The van der Waals surface area contributed by atoms with E-state index in [-0.39, 0.29) is 0 Å². The van der Waals surface area contributed by atoms with Gasteiger partial charge in [0.15, 0.2) is 0 Å². The molecule has 29 heavy (non-hydrogen) atoms. The summed E-state index contributed by atoms with van der Waals surface area (Å²) < 4.78 is 6.01. The molecule has 4 heteroatoms. The van der Waals surface area contributed by atoms with Crippen LogP contribution in [-0.2, 0) is 6.61 Å². The summed E-state index contributed by atoms with van der Waals surface area (Å²) in [4.78, 5) is 0. The molecule has 0 saturated heterocycles. The van der Waals surface area contributed by atoms with E-state index < -0.39 is 0 Å². The zero-order valence-corrected chi connectivity index (χ0v) is 17.0. The highest BCUT2D eigenvalue weighted by Crippen LogP contribution is 2.29. The zero-order chi connectivity index (χ0) is 20.2. The summed E-state index contributed by atoms with van der Waals surface area (Å²) in [5.41, 5.74) is 7.55. The van der Waals surface area contributed by atoms with Crippen molar-refractivity contribution in [1.82, 2.24) is 10.2 Å². The molecule has 2 N–H and O–H groups in total. The predicted octanol–water partition coefficient (Wildman–Crippen LogP) is 6.23. The van der Waals surface area contributed by atoms with Crippen molar-refractivity contribution in [2.45, 2.75) is 27.4 Å². The quantitative estimate of drug-likeness (QED) is 0.415. The van der Waals surface area contributed by atoms with Gasteiger partial charge in [0.25, 0.3) is 0 Å². The van der Waals surface area contributed by atoms with Gasteiger partial charge in [-0.1, -0.05) is 48.5 Å². The maximum atomic E-state index is 6.01. The molecular formula is C25H25N3O. The Morgan fingerprint density at radius 1 is 1.03 bits per heavy atom. The van der Waals surface area contributed by atoms with Gasteiger partial charge in [0, 0.05) is 11.1 Å². The number of benzene rings is 3. The van der Waals surface area contributed by atoms with E-state index in [9.17, 15) is 0 Å². The Hall–Kier alpha value is -3.53. The van der Waals surface area contributed by atoms with Gasteiger partial charge in [0.2, 0.25) is 0 Å². The van der Waals surface area contributed by atoms with Crippen LogP contribution in [0.5, 0.6) is 5.75 Å². The number of fused-ring (bicyclic) bond motifs is 1. The molecule has 0 aliphatic heterocycles. The molecule has 0 saturated carbocycles. The van der Waals surface area contributed by atoms with Crippen LogP contribution in [0.3, 0.4) is 0 Å². The number of H-pyrrole nitrogens is 1. The Morgan fingerprint density at radius 2 is 1.86 bits per heavy atom. The molecule has 1 aromatic heterocycles. The Bertz CT molecular complexity index is 1160. The molecular weight excluding hydrogens is 358 g/mol. The smallest absolute Gasteiger partial charge is 0.120 e. The lowest BCUT2D eigenvalue weighted by Gasteiger charge is -2.13. The van der Waals surface area contributed by atoms with E-state index >= 15 is 0 Å². The first-order valence-corrected chi connectivity index (χ1v) is 9.80. The fourth-order valence-electron chi connectivity index (χ4n) is 3.33. The standard InChI is InChI=1S/C25H25N3O/c1-4-22(26-23-12-8-9-17(2)18(23)3)25-21-15-20(13-14-24(21)27-28-25)29-16-19-10-6-5-7-11-19/h4-15,26H,16H2,1-3H3,(H,27,28)/b22-4-. The minimum atomic E-state index is 0.538. The zero-order valence-electron chi connectivity index (χ0n) is 17.0. The molecule has 0 spiro atoms. The lowest BCUT2D eigenvalue weighted by Crippen LogP contribution is -2.02. The van der Waals surface area contributed by atoms with Crippen LogP contribution < -0.4 is 10.1 Å². The Balaban J connectivity index is 1.61. The fourth-order valence-corrected chi connectivity index (χ4v) is 3.33. The number of ether oxygens (including phenoxy) is 1. The summed E-state index contributed by atoms with van der Waals surface area (Å²) in [6, 6.07) is 22.5. The first-order valence-electron chi connectivity index (χ1n) is 9.80. The molecule has 0 atom stereocenters. The number of aromatic nitrogens is 2. The summed E-state index contributed by atoms with van der Waals surface area (Å²) in [5, 5.41) is 12.3. The Morgan fingerprint density at radius 3 is 2.66 bits per heavy atom. The van der Waals surface area contributed by atoms with Crippen LogP contribution in [0.25, 0.3) is 16.6 Å². The van der Waals surface area contributed by atoms with Crippen LogP contribution in [0.2, 0.25) is 0 Å². The highest BCUT2D eigenvalue weighted by Gasteiger charge is 2.13. The number of nitrogens with one attached hydrogen (secondary N) is 2. The summed E-state index contributed by atoms with van der Waals surface area (Å²) in [6.07, 6.45) is 2.05. The van der Waals surface area contributed by atoms with E-state index in [1.165, 1.54) is 11.1 Å². The molecule has 0 fully saturated rings. The van der Waals surface area contributed by atoms with Gasteiger partial charge in [-0.05, 0) is 61.7 Å². The summed E-state index contributed by atoms with van der Waals surface area (Å²) >= 11 is 0. The summed E-state index contributed by atoms with van der Waals surface area (Å²) in [6.45, 7) is 6.81. The highest BCUT2D eigenvalue weighted by molar-refractivity contribution is 5.94. The normalized spacial score (nSPS) is 11.6. The largest absolute Gasteiger partial charge is 0.489 e. The van der Waals surface area contributed by atoms with E-state index in [0.717, 1.165) is 39.3 Å². The van der Waals surface area contributed by atoms with Crippen LogP contribution in [0.15, 0.2) is 72.8 Å². The Labute approximate surface area is 171 Å². The molecule has 3 aromatic carbocycles. The average Bonchev–Trinajstić information content (AvgIpc) is 3.17. The van der Waals surface area contributed by atoms with Crippen LogP contribution in [0.4, 0.5) is 5.69 Å². The summed E-state index contributed by atoms with van der Waals surface area (Å²) in [5.74, 6) is 0.825. The van der Waals surface area contributed by atoms with Crippen molar-refractivity contribution in [2.24, 2.45) is 0 Å². The number of anilines is 1. The van der Waals surface area contributed by atoms with Crippen molar-refractivity contribution < 1.29 is 4.74 Å². The third kappa shape index (κ3) is 4.02.